The van der Waals surface area contributed by atoms with Crippen molar-refractivity contribution in [3.05, 3.63) is 35.4 Å². The molecule has 1 aromatic carbocycles. The number of hydrogen-bond acceptors (Lipinski definition) is 4. The summed E-state index contributed by atoms with van der Waals surface area (Å²) in [6, 6.07) is 3.28. The van der Waals surface area contributed by atoms with Gasteiger partial charge in [0, 0.05) is 12.6 Å². The predicted octanol–water partition coefficient (Wildman–Crippen LogP) is 1.23. The quantitative estimate of drug-likeness (QED) is 0.747. The van der Waals surface area contributed by atoms with E-state index in [1.807, 2.05) is 0 Å². The minimum Gasteiger partial charge on any atom is -0.387 e. The molecule has 2 rings (SSSR count). The van der Waals surface area contributed by atoms with Crippen LogP contribution in [0.3, 0.4) is 0 Å². The van der Waals surface area contributed by atoms with Crippen LogP contribution in [-0.2, 0) is 16.0 Å². The van der Waals surface area contributed by atoms with Crippen molar-refractivity contribution in [1.29, 1.82) is 0 Å². The lowest BCUT2D eigenvalue weighted by Crippen LogP contribution is -2.44. The average Bonchev–Trinajstić information content (AvgIpc) is 2.82. The van der Waals surface area contributed by atoms with Crippen molar-refractivity contribution in [3.8, 4) is 0 Å². The molecule has 1 aromatic rings. The lowest BCUT2D eigenvalue weighted by molar-refractivity contribution is -0.139. The molecule has 134 valence electrons. The molecule has 0 aromatic heterocycles. The average molecular weight is 366 g/mol. The zero-order chi connectivity index (χ0) is 18.0. The van der Waals surface area contributed by atoms with Gasteiger partial charge in [0.25, 0.3) is 0 Å². The van der Waals surface area contributed by atoms with Gasteiger partial charge in [0.15, 0.2) is 9.84 Å². The van der Waals surface area contributed by atoms with Gasteiger partial charge in [-0.25, -0.2) is 13.2 Å². The fourth-order valence-corrected chi connectivity index (χ4v) is 4.16. The van der Waals surface area contributed by atoms with Gasteiger partial charge < -0.3 is 15.7 Å². The minimum atomic E-state index is -4.61. The molecule has 24 heavy (non-hydrogen) atoms. The van der Waals surface area contributed by atoms with E-state index in [0.717, 1.165) is 12.1 Å². The second kappa shape index (κ2) is 6.98. The van der Waals surface area contributed by atoms with Crippen LogP contribution < -0.4 is 10.6 Å². The smallest absolute Gasteiger partial charge is 0.387 e. The number of aliphatic hydroxyl groups excluding tert-OH is 1. The lowest BCUT2D eigenvalue weighted by atomic mass is 10.0. The Labute approximate surface area is 137 Å². The number of hydrogen-bond donors (Lipinski definition) is 3. The van der Waals surface area contributed by atoms with E-state index in [2.05, 4.69) is 10.6 Å². The van der Waals surface area contributed by atoms with Crippen LogP contribution in [0, 0.1) is 0 Å². The van der Waals surface area contributed by atoms with E-state index in [0.29, 0.717) is 0 Å². The number of aliphatic hydroxyl groups is 1. The molecule has 1 fully saturated rings. The molecule has 0 spiro atoms. The Hall–Kier alpha value is -1.81. The van der Waals surface area contributed by atoms with Gasteiger partial charge in [-0.3, -0.25) is 0 Å². The van der Waals surface area contributed by atoms with Crippen molar-refractivity contribution in [3.63, 3.8) is 0 Å². The Morgan fingerprint density at radius 3 is 2.58 bits per heavy atom. The second-order valence-electron chi connectivity index (χ2n) is 5.56. The molecular weight excluding hydrogens is 349 g/mol. The van der Waals surface area contributed by atoms with Crippen molar-refractivity contribution in [2.24, 2.45) is 0 Å². The Morgan fingerprint density at radius 2 is 2.00 bits per heavy atom. The minimum absolute atomic E-state index is 0.0144. The van der Waals surface area contributed by atoms with E-state index < -0.39 is 46.3 Å². The third-order valence-corrected chi connectivity index (χ3v) is 5.42. The van der Waals surface area contributed by atoms with Gasteiger partial charge in [-0.2, -0.15) is 13.2 Å². The Balaban J connectivity index is 1.92. The van der Waals surface area contributed by atoms with Crippen LogP contribution in [-0.4, -0.2) is 43.6 Å². The fraction of sp³-hybridized carbons (Fsp3) is 0.500. The highest BCUT2D eigenvalue weighted by Crippen LogP contribution is 2.34. The zero-order valence-electron chi connectivity index (χ0n) is 12.5. The molecule has 2 unspecified atom stereocenters. The molecule has 2 atom stereocenters. The van der Waals surface area contributed by atoms with Crippen LogP contribution in [0.15, 0.2) is 24.3 Å². The second-order valence-corrected chi connectivity index (χ2v) is 7.78. The van der Waals surface area contributed by atoms with Crippen LogP contribution in [0.1, 0.15) is 23.7 Å². The Bertz CT molecular complexity index is 706. The first-order chi connectivity index (χ1) is 11.1. The van der Waals surface area contributed by atoms with E-state index in [9.17, 15) is 31.5 Å². The van der Waals surface area contributed by atoms with Crippen LogP contribution in [0.2, 0.25) is 0 Å². The summed E-state index contributed by atoms with van der Waals surface area (Å²) in [5, 5.41) is 14.6. The molecule has 6 nitrogen and oxygen atoms in total. The SMILES string of the molecule is O=C(NCC(O)c1ccccc1C(F)(F)F)NC1CCS(=O)(=O)C1. The molecule has 10 heteroatoms. The van der Waals surface area contributed by atoms with E-state index in [1.165, 1.54) is 12.1 Å². The van der Waals surface area contributed by atoms with E-state index in [-0.39, 0.29) is 23.5 Å². The maximum atomic E-state index is 12.9. The van der Waals surface area contributed by atoms with E-state index in [1.54, 1.807) is 0 Å². The number of carbonyl (C=O) groups excluding carboxylic acids is 1. The fourth-order valence-electron chi connectivity index (χ4n) is 2.49. The normalized spacial score (nSPS) is 21.2. The van der Waals surface area contributed by atoms with E-state index in [4.69, 9.17) is 0 Å². The predicted molar refractivity (Wildman–Crippen MR) is 80.0 cm³/mol. The van der Waals surface area contributed by atoms with Crippen LogP contribution in [0.25, 0.3) is 0 Å². The number of amides is 2. The summed E-state index contributed by atoms with van der Waals surface area (Å²) in [5.74, 6) is -0.181. The molecule has 3 N–H and O–H groups in total. The maximum Gasteiger partial charge on any atom is 0.416 e. The third-order valence-electron chi connectivity index (χ3n) is 3.65. The summed E-state index contributed by atoms with van der Waals surface area (Å²) in [6.45, 7) is -0.432. The molecule has 1 aliphatic heterocycles. The molecule has 0 radical (unpaired) electrons. The molecule has 2 amide bonds. The van der Waals surface area contributed by atoms with Gasteiger partial charge in [0.1, 0.15) is 0 Å². The number of alkyl halides is 3. The standard InChI is InChI=1S/C14H17F3N2O4S/c15-14(16,17)11-4-2-1-3-10(11)12(20)7-18-13(21)19-9-5-6-24(22,23)8-9/h1-4,9,12,20H,5-8H2,(H2,18,19,21). The topological polar surface area (TPSA) is 95.5 Å². The van der Waals surface area contributed by atoms with Crippen molar-refractivity contribution in [1.82, 2.24) is 10.6 Å². The largest absolute Gasteiger partial charge is 0.416 e. The summed E-state index contributed by atoms with van der Waals surface area (Å²) >= 11 is 0. The number of sulfone groups is 1. The zero-order valence-corrected chi connectivity index (χ0v) is 13.3. The number of rotatable bonds is 4. The first kappa shape index (κ1) is 18.5. The van der Waals surface area contributed by atoms with Crippen molar-refractivity contribution in [2.45, 2.75) is 24.7 Å². The molecule has 1 saturated heterocycles. The van der Waals surface area contributed by atoms with Gasteiger partial charge in [-0.05, 0) is 18.1 Å². The highest BCUT2D eigenvalue weighted by Gasteiger charge is 2.34. The monoisotopic (exact) mass is 366 g/mol. The number of carbonyl (C=O) groups is 1. The number of benzene rings is 1. The highest BCUT2D eigenvalue weighted by molar-refractivity contribution is 7.91. The summed E-state index contributed by atoms with van der Waals surface area (Å²) in [5.41, 5.74) is -1.31. The van der Waals surface area contributed by atoms with Gasteiger partial charge >= 0.3 is 12.2 Å². The summed E-state index contributed by atoms with van der Waals surface area (Å²) < 4.78 is 61.2. The van der Waals surface area contributed by atoms with Crippen LogP contribution in [0.4, 0.5) is 18.0 Å². The van der Waals surface area contributed by atoms with Crippen molar-refractivity contribution >= 4 is 15.9 Å². The summed E-state index contributed by atoms with van der Waals surface area (Å²) in [6.07, 6.45) is -5.87. The highest BCUT2D eigenvalue weighted by atomic mass is 32.2. The Morgan fingerprint density at radius 1 is 1.33 bits per heavy atom. The van der Waals surface area contributed by atoms with Crippen LogP contribution >= 0.6 is 0 Å². The lowest BCUT2D eigenvalue weighted by Gasteiger charge is -2.18. The van der Waals surface area contributed by atoms with Gasteiger partial charge in [0.2, 0.25) is 0 Å². The van der Waals surface area contributed by atoms with Crippen molar-refractivity contribution < 1.29 is 31.5 Å². The number of halogens is 3. The maximum absolute atomic E-state index is 12.9. The summed E-state index contributed by atoms with van der Waals surface area (Å²) in [4.78, 5) is 11.7. The first-order valence-corrected chi connectivity index (χ1v) is 8.99. The summed E-state index contributed by atoms with van der Waals surface area (Å²) in [7, 11) is -3.15. The molecule has 0 saturated carbocycles. The van der Waals surface area contributed by atoms with Crippen molar-refractivity contribution in [2.75, 3.05) is 18.1 Å². The molecule has 1 aliphatic rings. The number of nitrogens with one attached hydrogen (secondary N) is 2. The van der Waals surface area contributed by atoms with Crippen LogP contribution in [0.5, 0.6) is 0 Å². The van der Waals surface area contributed by atoms with Gasteiger partial charge in [-0.15, -0.1) is 0 Å². The molecular formula is C14H17F3N2O4S. The molecule has 0 bridgehead atoms. The van der Waals surface area contributed by atoms with Gasteiger partial charge in [0.05, 0.1) is 23.2 Å². The van der Waals surface area contributed by atoms with Gasteiger partial charge in [-0.1, -0.05) is 18.2 Å². The molecule has 1 heterocycles. The first-order valence-electron chi connectivity index (χ1n) is 7.17. The van der Waals surface area contributed by atoms with E-state index >= 15 is 0 Å². The molecule has 0 aliphatic carbocycles. The Kier molecular flexibility index (Phi) is 5.38. The third kappa shape index (κ3) is 4.84. The number of urea groups is 1.